The minimum atomic E-state index is -0.371. The Kier molecular flexibility index (Phi) is 6.16. The summed E-state index contributed by atoms with van der Waals surface area (Å²) in [5, 5.41) is 7.11. The van der Waals surface area contributed by atoms with Gasteiger partial charge in [-0.15, -0.1) is 0 Å². The van der Waals surface area contributed by atoms with Gasteiger partial charge in [-0.3, -0.25) is 4.79 Å². The maximum Gasteiger partial charge on any atom is 0.276 e. The number of carbonyl (C=O) groups is 1. The topological polar surface area (TPSA) is 51.1 Å². The number of rotatable bonds is 5. The molecule has 0 spiro atoms. The molecule has 0 saturated heterocycles. The zero-order valence-corrected chi connectivity index (χ0v) is 18.5. The van der Waals surface area contributed by atoms with Gasteiger partial charge in [0.05, 0.1) is 36.6 Å². The molecule has 0 aliphatic carbocycles. The Morgan fingerprint density at radius 3 is 2.16 bits per heavy atom. The molecule has 0 saturated carbocycles. The summed E-state index contributed by atoms with van der Waals surface area (Å²) in [6, 6.07) is 19.6. The van der Waals surface area contributed by atoms with Crippen LogP contribution in [0.1, 0.15) is 33.9 Å². The lowest BCUT2D eigenvalue weighted by Crippen LogP contribution is -2.27. The van der Waals surface area contributed by atoms with Gasteiger partial charge in [0.25, 0.3) is 5.91 Å². The van der Waals surface area contributed by atoms with Crippen LogP contribution in [0.3, 0.4) is 0 Å². The monoisotopic (exact) mass is 454 g/mol. The fourth-order valence-electron chi connectivity index (χ4n) is 3.59. The zero-order chi connectivity index (χ0) is 22.0. The summed E-state index contributed by atoms with van der Waals surface area (Å²) in [7, 11) is 3.18. The number of benzene rings is 3. The van der Waals surface area contributed by atoms with Crippen molar-refractivity contribution in [3.8, 4) is 11.5 Å². The molecule has 0 aromatic heterocycles. The average molecular weight is 455 g/mol. The highest BCUT2D eigenvalue weighted by Crippen LogP contribution is 2.38. The van der Waals surface area contributed by atoms with Gasteiger partial charge < -0.3 is 9.47 Å². The van der Waals surface area contributed by atoms with Gasteiger partial charge in [0, 0.05) is 23.1 Å². The van der Waals surface area contributed by atoms with Crippen molar-refractivity contribution < 1.29 is 14.3 Å². The normalized spacial score (nSPS) is 15.5. The lowest BCUT2D eigenvalue weighted by atomic mass is 9.97. The molecule has 1 amide bonds. The van der Waals surface area contributed by atoms with E-state index in [0.717, 1.165) is 16.8 Å². The van der Waals surface area contributed by atoms with E-state index in [0.29, 0.717) is 33.5 Å². The van der Waals surface area contributed by atoms with Crippen molar-refractivity contribution in [2.24, 2.45) is 5.10 Å². The van der Waals surface area contributed by atoms with E-state index in [1.807, 2.05) is 36.4 Å². The van der Waals surface area contributed by atoms with Crippen molar-refractivity contribution in [1.29, 1.82) is 0 Å². The molecule has 4 rings (SSSR count). The smallest absolute Gasteiger partial charge is 0.276 e. The van der Waals surface area contributed by atoms with E-state index in [-0.39, 0.29) is 11.9 Å². The number of ether oxygens (including phenoxy) is 2. The Bertz CT molecular complexity index is 1140. The molecule has 7 heteroatoms. The minimum Gasteiger partial charge on any atom is -0.497 e. The fourth-order valence-corrected chi connectivity index (χ4v) is 4.07. The Labute approximate surface area is 190 Å². The first kappa shape index (κ1) is 21.2. The SMILES string of the molecule is COc1cc(OC)cc(C2=NN(C(=O)c3ccccc3Cl)C(c3ccccc3Cl)C2)c1. The Morgan fingerprint density at radius 2 is 1.55 bits per heavy atom. The van der Waals surface area contributed by atoms with Gasteiger partial charge in [0.2, 0.25) is 0 Å². The number of amides is 1. The van der Waals surface area contributed by atoms with E-state index < -0.39 is 0 Å². The summed E-state index contributed by atoms with van der Waals surface area (Å²) in [5.41, 5.74) is 2.73. The second-order valence-electron chi connectivity index (χ2n) is 7.02. The van der Waals surface area contributed by atoms with E-state index in [9.17, 15) is 4.79 Å². The molecule has 3 aromatic rings. The molecular formula is C24H20Cl2N2O3. The number of halogens is 2. The van der Waals surface area contributed by atoms with Crippen LogP contribution in [0.4, 0.5) is 0 Å². The number of carbonyl (C=O) groups excluding carboxylic acids is 1. The van der Waals surface area contributed by atoms with Crippen LogP contribution in [-0.2, 0) is 0 Å². The lowest BCUT2D eigenvalue weighted by molar-refractivity contribution is 0.0711. The van der Waals surface area contributed by atoms with Crippen molar-refractivity contribution in [3.63, 3.8) is 0 Å². The summed E-state index contributed by atoms with van der Waals surface area (Å²) in [5.74, 6) is 0.991. The standard InChI is InChI=1S/C24H20Cl2N2O3/c1-30-16-11-15(12-17(13-16)31-2)22-14-23(18-7-3-5-9-20(18)25)28(27-22)24(29)19-8-4-6-10-21(19)26/h3-13,23H,14H2,1-2H3. The quantitative estimate of drug-likeness (QED) is 0.474. The first-order chi connectivity index (χ1) is 15.0. The van der Waals surface area contributed by atoms with Gasteiger partial charge in [-0.05, 0) is 35.9 Å². The molecule has 0 radical (unpaired) electrons. The largest absolute Gasteiger partial charge is 0.497 e. The molecule has 0 fully saturated rings. The van der Waals surface area contributed by atoms with Gasteiger partial charge in [-0.2, -0.15) is 5.10 Å². The van der Waals surface area contributed by atoms with Crippen LogP contribution in [0.15, 0.2) is 71.8 Å². The Morgan fingerprint density at radius 1 is 0.935 bits per heavy atom. The summed E-state index contributed by atoms with van der Waals surface area (Å²) >= 11 is 12.8. The number of nitrogens with zero attached hydrogens (tertiary/aromatic N) is 2. The molecule has 0 bridgehead atoms. The molecule has 158 valence electrons. The van der Waals surface area contributed by atoms with E-state index >= 15 is 0 Å². The number of hydrazone groups is 1. The molecule has 1 aliphatic rings. The van der Waals surface area contributed by atoms with Gasteiger partial charge in [0.1, 0.15) is 11.5 Å². The first-order valence-corrected chi connectivity index (χ1v) is 10.4. The van der Waals surface area contributed by atoms with Crippen molar-refractivity contribution >= 4 is 34.8 Å². The molecule has 3 aromatic carbocycles. The van der Waals surface area contributed by atoms with Crippen molar-refractivity contribution in [1.82, 2.24) is 5.01 Å². The van der Waals surface area contributed by atoms with Crippen LogP contribution < -0.4 is 9.47 Å². The van der Waals surface area contributed by atoms with Crippen LogP contribution in [0.2, 0.25) is 10.0 Å². The van der Waals surface area contributed by atoms with Crippen molar-refractivity contribution in [3.05, 3.63) is 93.5 Å². The minimum absolute atomic E-state index is 0.291. The van der Waals surface area contributed by atoms with Crippen LogP contribution in [-0.4, -0.2) is 30.8 Å². The van der Waals surface area contributed by atoms with E-state index in [1.54, 1.807) is 44.6 Å². The molecule has 1 atom stereocenters. The third-order valence-corrected chi connectivity index (χ3v) is 5.85. The van der Waals surface area contributed by atoms with Crippen LogP contribution in [0, 0.1) is 0 Å². The highest BCUT2D eigenvalue weighted by atomic mass is 35.5. The van der Waals surface area contributed by atoms with E-state index in [4.69, 9.17) is 37.8 Å². The highest BCUT2D eigenvalue weighted by Gasteiger charge is 2.35. The second-order valence-corrected chi connectivity index (χ2v) is 7.83. The Balaban J connectivity index is 1.80. The predicted octanol–water partition coefficient (Wildman–Crippen LogP) is 6.00. The number of hydrogen-bond acceptors (Lipinski definition) is 4. The molecule has 1 heterocycles. The molecule has 0 N–H and O–H groups in total. The fraction of sp³-hybridized carbons (Fsp3) is 0.167. The summed E-state index contributed by atoms with van der Waals surface area (Å²) < 4.78 is 10.8. The summed E-state index contributed by atoms with van der Waals surface area (Å²) in [4.78, 5) is 13.4. The lowest BCUT2D eigenvalue weighted by Gasteiger charge is -2.23. The zero-order valence-electron chi connectivity index (χ0n) is 17.0. The first-order valence-electron chi connectivity index (χ1n) is 9.65. The second kappa shape index (κ2) is 9.00. The highest BCUT2D eigenvalue weighted by molar-refractivity contribution is 6.34. The molecular weight excluding hydrogens is 435 g/mol. The van der Waals surface area contributed by atoms with Crippen LogP contribution in [0.25, 0.3) is 0 Å². The van der Waals surface area contributed by atoms with Crippen molar-refractivity contribution in [2.75, 3.05) is 14.2 Å². The van der Waals surface area contributed by atoms with Gasteiger partial charge >= 0.3 is 0 Å². The number of methoxy groups -OCH3 is 2. The maximum absolute atomic E-state index is 13.4. The van der Waals surface area contributed by atoms with E-state index in [2.05, 4.69) is 0 Å². The van der Waals surface area contributed by atoms with Gasteiger partial charge in [-0.25, -0.2) is 5.01 Å². The van der Waals surface area contributed by atoms with Crippen LogP contribution in [0.5, 0.6) is 11.5 Å². The summed E-state index contributed by atoms with van der Waals surface area (Å²) in [6.45, 7) is 0. The summed E-state index contributed by atoms with van der Waals surface area (Å²) in [6.07, 6.45) is 0.482. The molecule has 1 aliphatic heterocycles. The van der Waals surface area contributed by atoms with Gasteiger partial charge in [-0.1, -0.05) is 53.5 Å². The van der Waals surface area contributed by atoms with Crippen molar-refractivity contribution in [2.45, 2.75) is 12.5 Å². The third kappa shape index (κ3) is 4.24. The molecule has 5 nitrogen and oxygen atoms in total. The number of hydrogen-bond donors (Lipinski definition) is 0. The third-order valence-electron chi connectivity index (χ3n) is 5.17. The average Bonchev–Trinajstić information content (AvgIpc) is 3.24. The van der Waals surface area contributed by atoms with Gasteiger partial charge in [0.15, 0.2) is 0 Å². The molecule has 31 heavy (non-hydrogen) atoms. The maximum atomic E-state index is 13.4. The van der Waals surface area contributed by atoms with Crippen LogP contribution >= 0.6 is 23.2 Å². The molecule has 1 unspecified atom stereocenters. The van der Waals surface area contributed by atoms with E-state index in [1.165, 1.54) is 5.01 Å². The Hall–Kier alpha value is -3.02. The predicted molar refractivity (Wildman–Crippen MR) is 123 cm³/mol.